The van der Waals surface area contributed by atoms with Gasteiger partial charge < -0.3 is 15.0 Å². The van der Waals surface area contributed by atoms with Crippen LogP contribution in [0.2, 0.25) is 0 Å². The van der Waals surface area contributed by atoms with Gasteiger partial charge in [-0.15, -0.1) is 23.2 Å². The van der Waals surface area contributed by atoms with Crippen LogP contribution in [0.25, 0.3) is 0 Å². The number of esters is 1. The maximum absolute atomic E-state index is 13.1. The van der Waals surface area contributed by atoms with E-state index < -0.39 is 12.0 Å². The summed E-state index contributed by atoms with van der Waals surface area (Å²) in [6.07, 6.45) is 0.992. The van der Waals surface area contributed by atoms with Crippen molar-refractivity contribution in [1.82, 2.24) is 5.32 Å². The molecular weight excluding hydrogens is 454 g/mol. The van der Waals surface area contributed by atoms with Crippen LogP contribution in [-0.2, 0) is 27.2 Å². The van der Waals surface area contributed by atoms with Crippen molar-refractivity contribution in [2.75, 3.05) is 36.4 Å². The highest BCUT2D eigenvalue weighted by Gasteiger charge is 2.22. The standard InChI is InChI=1S/C24H29Cl2FN2O3/c1-2-32-24(31)22(17-19-3-8-20(27)9-4-19)28-23(30)12-7-18-5-10-21(11-6-18)29(15-13-25)16-14-26/h3-6,8-11,22H,2,7,12-17H2,1H3,(H,28,30)/t22-/m0/s1. The van der Waals surface area contributed by atoms with E-state index in [1.165, 1.54) is 12.1 Å². The lowest BCUT2D eigenvalue weighted by atomic mass is 10.0. The van der Waals surface area contributed by atoms with Crippen LogP contribution in [0.4, 0.5) is 10.1 Å². The Morgan fingerprint density at radius 1 is 1.00 bits per heavy atom. The Balaban J connectivity index is 1.94. The molecule has 5 nitrogen and oxygen atoms in total. The molecule has 32 heavy (non-hydrogen) atoms. The lowest BCUT2D eigenvalue weighted by molar-refractivity contribution is -0.147. The van der Waals surface area contributed by atoms with Gasteiger partial charge in [0.15, 0.2) is 0 Å². The molecule has 0 aromatic heterocycles. The predicted octanol–water partition coefficient (Wildman–Crippen LogP) is 4.33. The summed E-state index contributed by atoms with van der Waals surface area (Å²) in [5, 5.41) is 2.75. The first-order chi connectivity index (χ1) is 15.5. The molecule has 8 heteroatoms. The summed E-state index contributed by atoms with van der Waals surface area (Å²) in [4.78, 5) is 26.9. The van der Waals surface area contributed by atoms with Crippen molar-refractivity contribution < 1.29 is 18.7 Å². The number of anilines is 1. The fourth-order valence-corrected chi connectivity index (χ4v) is 3.67. The third kappa shape index (κ3) is 8.67. The van der Waals surface area contributed by atoms with Crippen LogP contribution < -0.4 is 10.2 Å². The fourth-order valence-electron chi connectivity index (χ4n) is 3.26. The van der Waals surface area contributed by atoms with Crippen molar-refractivity contribution in [1.29, 1.82) is 0 Å². The molecule has 1 amide bonds. The highest BCUT2D eigenvalue weighted by molar-refractivity contribution is 6.18. The number of benzene rings is 2. The number of nitrogens with zero attached hydrogens (tertiary/aromatic N) is 1. The average Bonchev–Trinajstić information content (AvgIpc) is 2.79. The van der Waals surface area contributed by atoms with Crippen molar-refractivity contribution in [3.8, 4) is 0 Å². The van der Waals surface area contributed by atoms with Gasteiger partial charge >= 0.3 is 5.97 Å². The van der Waals surface area contributed by atoms with Gasteiger partial charge in [-0.3, -0.25) is 4.79 Å². The van der Waals surface area contributed by atoms with Gasteiger partial charge in [-0.1, -0.05) is 24.3 Å². The van der Waals surface area contributed by atoms with Gasteiger partial charge in [0.25, 0.3) is 0 Å². The zero-order chi connectivity index (χ0) is 23.3. The van der Waals surface area contributed by atoms with Crippen LogP contribution in [-0.4, -0.2) is 49.4 Å². The number of carbonyl (C=O) groups is 2. The second kappa shape index (κ2) is 14.0. The molecule has 1 atom stereocenters. The number of amides is 1. The molecule has 0 fully saturated rings. The van der Waals surface area contributed by atoms with E-state index in [1.54, 1.807) is 19.1 Å². The molecule has 0 unspecified atom stereocenters. The number of carbonyl (C=O) groups excluding carboxylic acids is 2. The number of alkyl halides is 2. The molecule has 0 saturated carbocycles. The zero-order valence-electron chi connectivity index (χ0n) is 18.2. The van der Waals surface area contributed by atoms with Crippen molar-refractivity contribution in [3.63, 3.8) is 0 Å². The van der Waals surface area contributed by atoms with Crippen molar-refractivity contribution in [2.24, 2.45) is 0 Å². The van der Waals surface area contributed by atoms with Gasteiger partial charge in [-0.25, -0.2) is 9.18 Å². The van der Waals surface area contributed by atoms with Gasteiger partial charge in [-0.2, -0.15) is 0 Å². The molecule has 2 aromatic carbocycles. The molecule has 2 aromatic rings. The Morgan fingerprint density at radius 2 is 1.59 bits per heavy atom. The number of nitrogens with one attached hydrogen (secondary N) is 1. The second-order valence-corrected chi connectivity index (χ2v) is 7.99. The summed E-state index contributed by atoms with van der Waals surface area (Å²) in [6, 6.07) is 12.9. The minimum Gasteiger partial charge on any atom is -0.464 e. The largest absolute Gasteiger partial charge is 0.464 e. The van der Waals surface area contributed by atoms with Gasteiger partial charge in [0.05, 0.1) is 6.61 Å². The van der Waals surface area contributed by atoms with Crippen LogP contribution in [0.3, 0.4) is 0 Å². The normalized spacial score (nSPS) is 11.6. The fraction of sp³-hybridized carbons (Fsp3) is 0.417. The van der Waals surface area contributed by atoms with Crippen LogP contribution in [0.5, 0.6) is 0 Å². The maximum atomic E-state index is 13.1. The zero-order valence-corrected chi connectivity index (χ0v) is 19.7. The third-order valence-electron chi connectivity index (χ3n) is 4.91. The molecule has 0 aliphatic carbocycles. The van der Waals surface area contributed by atoms with Crippen LogP contribution in [0.1, 0.15) is 24.5 Å². The Morgan fingerprint density at radius 3 is 2.16 bits per heavy atom. The van der Waals surface area contributed by atoms with E-state index >= 15 is 0 Å². The first-order valence-electron chi connectivity index (χ1n) is 10.6. The number of ether oxygens (including phenoxy) is 1. The Bertz CT molecular complexity index is 841. The first-order valence-corrected chi connectivity index (χ1v) is 11.7. The molecule has 0 heterocycles. The lowest BCUT2D eigenvalue weighted by Gasteiger charge is -2.23. The number of rotatable bonds is 13. The SMILES string of the molecule is CCOC(=O)[C@H](Cc1ccc(F)cc1)NC(=O)CCc1ccc(N(CCCl)CCCl)cc1. The van der Waals surface area contributed by atoms with E-state index in [9.17, 15) is 14.0 Å². The summed E-state index contributed by atoms with van der Waals surface area (Å²) in [5.74, 6) is -0.0882. The second-order valence-electron chi connectivity index (χ2n) is 7.23. The number of hydrogen-bond acceptors (Lipinski definition) is 4. The highest BCUT2D eigenvalue weighted by atomic mass is 35.5. The lowest BCUT2D eigenvalue weighted by Crippen LogP contribution is -2.43. The van der Waals surface area contributed by atoms with Crippen molar-refractivity contribution in [3.05, 3.63) is 65.5 Å². The molecule has 1 N–H and O–H groups in total. The van der Waals surface area contributed by atoms with E-state index in [0.29, 0.717) is 31.3 Å². The molecule has 174 valence electrons. The van der Waals surface area contributed by atoms with Crippen LogP contribution >= 0.6 is 23.2 Å². The third-order valence-corrected chi connectivity index (χ3v) is 5.25. The monoisotopic (exact) mass is 482 g/mol. The van der Waals surface area contributed by atoms with E-state index in [1.807, 2.05) is 24.3 Å². The highest BCUT2D eigenvalue weighted by Crippen LogP contribution is 2.17. The molecule has 0 aliphatic rings. The number of halogens is 3. The maximum Gasteiger partial charge on any atom is 0.328 e. The molecule has 0 aliphatic heterocycles. The number of aryl methyl sites for hydroxylation is 1. The topological polar surface area (TPSA) is 58.6 Å². The Hall–Kier alpha value is -2.31. The van der Waals surface area contributed by atoms with Crippen molar-refractivity contribution in [2.45, 2.75) is 32.2 Å². The smallest absolute Gasteiger partial charge is 0.328 e. The summed E-state index contributed by atoms with van der Waals surface area (Å²) in [7, 11) is 0. The van der Waals surface area contributed by atoms with E-state index in [0.717, 1.165) is 16.8 Å². The van der Waals surface area contributed by atoms with E-state index in [4.69, 9.17) is 27.9 Å². The van der Waals surface area contributed by atoms with Crippen molar-refractivity contribution >= 4 is 40.8 Å². The van der Waals surface area contributed by atoms with Crippen LogP contribution in [0, 0.1) is 5.82 Å². The molecular formula is C24H29Cl2FN2O3. The first kappa shape index (κ1) is 25.9. The molecule has 0 bridgehead atoms. The Kier molecular flexibility index (Phi) is 11.3. The van der Waals surface area contributed by atoms with E-state index in [-0.39, 0.29) is 31.2 Å². The molecule has 0 spiro atoms. The van der Waals surface area contributed by atoms with Gasteiger partial charge in [0.1, 0.15) is 11.9 Å². The molecule has 0 saturated heterocycles. The van der Waals surface area contributed by atoms with Gasteiger partial charge in [0, 0.05) is 43.4 Å². The minimum absolute atomic E-state index is 0.214. The molecule has 0 radical (unpaired) electrons. The summed E-state index contributed by atoms with van der Waals surface area (Å²) in [6.45, 7) is 3.34. The average molecular weight is 483 g/mol. The van der Waals surface area contributed by atoms with E-state index in [2.05, 4.69) is 10.2 Å². The predicted molar refractivity (Wildman–Crippen MR) is 127 cm³/mol. The minimum atomic E-state index is -0.824. The summed E-state index contributed by atoms with van der Waals surface area (Å²) >= 11 is 11.7. The number of hydrogen-bond donors (Lipinski definition) is 1. The molecule has 2 rings (SSSR count). The Labute approximate surface area is 198 Å². The van der Waals surface area contributed by atoms with Gasteiger partial charge in [0.2, 0.25) is 5.91 Å². The quantitative estimate of drug-likeness (QED) is 0.340. The van der Waals surface area contributed by atoms with Crippen LogP contribution in [0.15, 0.2) is 48.5 Å². The van der Waals surface area contributed by atoms with Gasteiger partial charge in [-0.05, 0) is 48.7 Å². The summed E-state index contributed by atoms with van der Waals surface area (Å²) < 4.78 is 18.2. The summed E-state index contributed by atoms with van der Waals surface area (Å²) in [5.41, 5.74) is 2.77.